The molecule has 4 rings (SSSR count). The summed E-state index contributed by atoms with van der Waals surface area (Å²) in [5, 5.41) is 6.41. The van der Waals surface area contributed by atoms with Crippen molar-refractivity contribution in [3.8, 4) is 11.3 Å². The molecule has 2 aromatic heterocycles. The Hall–Kier alpha value is -2.64. The first-order valence-electron chi connectivity index (χ1n) is 8.84. The summed E-state index contributed by atoms with van der Waals surface area (Å²) in [5.74, 6) is -0.289. The third-order valence-electron chi connectivity index (χ3n) is 4.28. The molecule has 1 unspecified atom stereocenters. The minimum absolute atomic E-state index is 0.150. The highest BCUT2D eigenvalue weighted by atomic mass is 32.1. The normalized spacial score (nSPS) is 17.8. The van der Waals surface area contributed by atoms with Gasteiger partial charge in [-0.25, -0.2) is 9.07 Å². The third kappa shape index (κ3) is 4.20. The molecule has 3 heterocycles. The van der Waals surface area contributed by atoms with E-state index in [-0.39, 0.29) is 11.9 Å². The second kappa shape index (κ2) is 8.37. The van der Waals surface area contributed by atoms with Gasteiger partial charge >= 0.3 is 0 Å². The Kier molecular flexibility index (Phi) is 5.50. The van der Waals surface area contributed by atoms with Crippen LogP contribution >= 0.6 is 11.3 Å². The van der Waals surface area contributed by atoms with Crippen molar-refractivity contribution in [1.29, 1.82) is 0 Å². The molecule has 1 atom stereocenters. The van der Waals surface area contributed by atoms with Gasteiger partial charge in [-0.3, -0.25) is 9.98 Å². The van der Waals surface area contributed by atoms with E-state index in [0.717, 1.165) is 25.1 Å². The number of benzene rings is 1. The van der Waals surface area contributed by atoms with E-state index in [0.29, 0.717) is 22.6 Å². The first-order chi connectivity index (χ1) is 13.3. The Morgan fingerprint density at radius 3 is 2.93 bits per heavy atom. The largest absolute Gasteiger partial charge is 0.376 e. The van der Waals surface area contributed by atoms with Gasteiger partial charge in [-0.1, -0.05) is 18.2 Å². The molecule has 138 valence electrons. The van der Waals surface area contributed by atoms with Gasteiger partial charge in [-0.05, 0) is 37.1 Å². The SMILES string of the molecule is Fc1ccccc1-c1csc(=NCC2CCCO2)n1/N=C/c1ccccn1. The van der Waals surface area contributed by atoms with Gasteiger partial charge < -0.3 is 4.74 Å². The smallest absolute Gasteiger partial charge is 0.206 e. The lowest BCUT2D eigenvalue weighted by Crippen LogP contribution is -2.17. The number of hydrogen-bond donors (Lipinski definition) is 0. The summed E-state index contributed by atoms with van der Waals surface area (Å²) < 4.78 is 21.7. The zero-order valence-electron chi connectivity index (χ0n) is 14.7. The van der Waals surface area contributed by atoms with Crippen LogP contribution in [-0.2, 0) is 4.74 Å². The summed E-state index contributed by atoms with van der Waals surface area (Å²) in [4.78, 5) is 9.63. The maximum absolute atomic E-state index is 14.3. The highest BCUT2D eigenvalue weighted by Crippen LogP contribution is 2.23. The number of pyridine rings is 1. The molecular weight excluding hydrogens is 363 g/mol. The molecule has 3 aromatic rings. The van der Waals surface area contributed by atoms with E-state index in [4.69, 9.17) is 4.74 Å². The summed E-state index contributed by atoms with van der Waals surface area (Å²) >= 11 is 1.44. The Morgan fingerprint density at radius 1 is 1.26 bits per heavy atom. The maximum atomic E-state index is 14.3. The Bertz CT molecular complexity index is 990. The van der Waals surface area contributed by atoms with Crippen molar-refractivity contribution in [2.24, 2.45) is 10.1 Å². The van der Waals surface area contributed by atoms with Crippen molar-refractivity contribution in [2.45, 2.75) is 18.9 Å². The lowest BCUT2D eigenvalue weighted by molar-refractivity contribution is 0.117. The predicted molar refractivity (Wildman–Crippen MR) is 104 cm³/mol. The van der Waals surface area contributed by atoms with Gasteiger partial charge in [-0.2, -0.15) is 5.10 Å². The van der Waals surface area contributed by atoms with Crippen LogP contribution in [-0.4, -0.2) is 35.1 Å². The lowest BCUT2D eigenvalue weighted by atomic mass is 10.1. The number of ether oxygens (including phenoxy) is 1. The van der Waals surface area contributed by atoms with E-state index in [9.17, 15) is 4.39 Å². The molecular formula is C20H19FN4OS. The van der Waals surface area contributed by atoms with Crippen LogP contribution in [0.3, 0.4) is 0 Å². The second-order valence-electron chi connectivity index (χ2n) is 6.17. The van der Waals surface area contributed by atoms with Crippen LogP contribution in [0.4, 0.5) is 4.39 Å². The van der Waals surface area contributed by atoms with E-state index in [1.807, 2.05) is 29.6 Å². The van der Waals surface area contributed by atoms with Crippen LogP contribution in [0.25, 0.3) is 11.3 Å². The fourth-order valence-corrected chi connectivity index (χ4v) is 3.75. The highest BCUT2D eigenvalue weighted by molar-refractivity contribution is 7.07. The van der Waals surface area contributed by atoms with Crippen LogP contribution in [0.1, 0.15) is 18.5 Å². The van der Waals surface area contributed by atoms with Gasteiger partial charge in [0.25, 0.3) is 0 Å². The molecule has 0 amide bonds. The van der Waals surface area contributed by atoms with Crippen molar-refractivity contribution >= 4 is 17.6 Å². The van der Waals surface area contributed by atoms with Crippen molar-refractivity contribution < 1.29 is 9.13 Å². The molecule has 27 heavy (non-hydrogen) atoms. The third-order valence-corrected chi connectivity index (χ3v) is 5.14. The van der Waals surface area contributed by atoms with Crippen LogP contribution in [0.2, 0.25) is 0 Å². The number of halogens is 1. The van der Waals surface area contributed by atoms with E-state index in [1.54, 1.807) is 29.2 Å². The predicted octanol–water partition coefficient (Wildman–Crippen LogP) is 3.71. The Morgan fingerprint density at radius 2 is 2.15 bits per heavy atom. The maximum Gasteiger partial charge on any atom is 0.206 e. The minimum Gasteiger partial charge on any atom is -0.376 e. The van der Waals surface area contributed by atoms with Gasteiger partial charge in [0.05, 0.1) is 30.3 Å². The number of rotatable bonds is 5. The molecule has 5 nitrogen and oxygen atoms in total. The topological polar surface area (TPSA) is 51.8 Å². The van der Waals surface area contributed by atoms with Crippen LogP contribution in [0.5, 0.6) is 0 Å². The molecule has 0 bridgehead atoms. The first-order valence-corrected chi connectivity index (χ1v) is 9.72. The molecule has 1 fully saturated rings. The zero-order chi connectivity index (χ0) is 18.5. The molecule has 0 saturated carbocycles. The molecule has 0 spiro atoms. The van der Waals surface area contributed by atoms with Crippen LogP contribution < -0.4 is 4.80 Å². The van der Waals surface area contributed by atoms with Gasteiger partial charge in [0, 0.05) is 23.7 Å². The number of aromatic nitrogens is 2. The summed E-state index contributed by atoms with van der Waals surface area (Å²) in [6.45, 7) is 1.37. The monoisotopic (exact) mass is 382 g/mol. The summed E-state index contributed by atoms with van der Waals surface area (Å²) in [7, 11) is 0. The Labute approximate surface area is 160 Å². The van der Waals surface area contributed by atoms with E-state index in [2.05, 4.69) is 15.1 Å². The standard InChI is InChI=1S/C20H19FN4OS/c21-18-9-2-1-8-17(18)19-14-27-20(23-13-16-7-5-11-26-16)25(19)24-12-15-6-3-4-10-22-15/h1-4,6,8-10,12,14,16H,5,7,11,13H2/b23-20?,24-12+. The van der Waals surface area contributed by atoms with Crippen LogP contribution in [0.15, 0.2) is 64.1 Å². The van der Waals surface area contributed by atoms with Crippen LogP contribution in [0, 0.1) is 5.82 Å². The summed E-state index contributed by atoms with van der Waals surface area (Å²) in [6, 6.07) is 12.3. The number of hydrogen-bond acceptors (Lipinski definition) is 5. The average molecular weight is 382 g/mol. The molecule has 0 N–H and O–H groups in total. The zero-order valence-corrected chi connectivity index (χ0v) is 15.5. The van der Waals surface area contributed by atoms with Gasteiger partial charge in [0.15, 0.2) is 0 Å². The van der Waals surface area contributed by atoms with Crippen molar-refractivity contribution in [1.82, 2.24) is 9.66 Å². The highest BCUT2D eigenvalue weighted by Gasteiger charge is 2.15. The average Bonchev–Trinajstić information content (AvgIpc) is 3.36. The first kappa shape index (κ1) is 17.8. The van der Waals surface area contributed by atoms with Gasteiger partial charge in [-0.15, -0.1) is 11.3 Å². The summed E-state index contributed by atoms with van der Waals surface area (Å²) in [5.41, 5.74) is 1.88. The second-order valence-corrected chi connectivity index (χ2v) is 7.01. The molecule has 1 aliphatic heterocycles. The van der Waals surface area contributed by atoms with E-state index in [1.165, 1.54) is 17.4 Å². The molecule has 0 aliphatic carbocycles. The minimum atomic E-state index is -0.289. The van der Waals surface area contributed by atoms with E-state index < -0.39 is 0 Å². The fourth-order valence-electron chi connectivity index (χ4n) is 2.91. The van der Waals surface area contributed by atoms with E-state index >= 15 is 0 Å². The Balaban J connectivity index is 1.74. The molecule has 0 radical (unpaired) electrons. The molecule has 1 saturated heterocycles. The number of thiazole rings is 1. The van der Waals surface area contributed by atoms with Crippen molar-refractivity contribution in [2.75, 3.05) is 13.2 Å². The van der Waals surface area contributed by atoms with Crippen molar-refractivity contribution in [3.63, 3.8) is 0 Å². The lowest BCUT2D eigenvalue weighted by Gasteiger charge is -2.06. The molecule has 7 heteroatoms. The molecule has 1 aromatic carbocycles. The number of nitrogens with zero attached hydrogens (tertiary/aromatic N) is 4. The van der Waals surface area contributed by atoms with Gasteiger partial charge in [0.2, 0.25) is 4.80 Å². The van der Waals surface area contributed by atoms with Gasteiger partial charge in [0.1, 0.15) is 5.82 Å². The van der Waals surface area contributed by atoms with Crippen molar-refractivity contribution in [3.05, 3.63) is 70.4 Å². The quantitative estimate of drug-likeness (QED) is 0.632. The summed E-state index contributed by atoms with van der Waals surface area (Å²) in [6.07, 6.45) is 5.61. The fraction of sp³-hybridized carbons (Fsp3) is 0.250. The molecule has 1 aliphatic rings.